The maximum absolute atomic E-state index is 11.7. The molecule has 34 heavy (non-hydrogen) atoms. The fourth-order valence-electron chi connectivity index (χ4n) is 4.27. The van der Waals surface area contributed by atoms with E-state index >= 15 is 0 Å². The number of ketones is 1. The van der Waals surface area contributed by atoms with Gasteiger partial charge in [0.05, 0.1) is 0 Å². The first-order valence-electron chi connectivity index (χ1n) is 15.3. The predicted octanol–water partition coefficient (Wildman–Crippen LogP) is 10.8. The molecule has 0 atom stereocenters. The van der Waals surface area contributed by atoms with Crippen LogP contribution in [0.1, 0.15) is 188 Å². The molecule has 0 saturated heterocycles. The standard InChI is InChI=1S/C19H38O.C12H24O2/c1-3-5-7-9-11-13-15-17-19(20)18-16-14-12-10-8-6-4-2;1-2-3-4-5-6-7-8-9-10-11-12(13)14/h3-18H2,1-2H3;2-11H2,1H3,(H,13,14). The van der Waals surface area contributed by atoms with Crippen LogP contribution in [0.3, 0.4) is 0 Å². The summed E-state index contributed by atoms with van der Waals surface area (Å²) in [5.41, 5.74) is 0. The van der Waals surface area contributed by atoms with Crippen molar-refractivity contribution < 1.29 is 14.7 Å². The number of carbonyl (C=O) groups is 2. The lowest BCUT2D eigenvalue weighted by Gasteiger charge is -2.03. The maximum atomic E-state index is 11.7. The van der Waals surface area contributed by atoms with Gasteiger partial charge in [-0.05, 0) is 19.3 Å². The van der Waals surface area contributed by atoms with Crippen LogP contribution in [0.15, 0.2) is 0 Å². The predicted molar refractivity (Wildman–Crippen MR) is 150 cm³/mol. The van der Waals surface area contributed by atoms with Gasteiger partial charge >= 0.3 is 5.97 Å². The Morgan fingerprint density at radius 1 is 0.382 bits per heavy atom. The van der Waals surface area contributed by atoms with Crippen molar-refractivity contribution in [1.82, 2.24) is 0 Å². The number of carboxylic acids is 1. The van der Waals surface area contributed by atoms with Crippen LogP contribution < -0.4 is 0 Å². The largest absolute Gasteiger partial charge is 0.481 e. The van der Waals surface area contributed by atoms with E-state index in [2.05, 4.69) is 20.8 Å². The summed E-state index contributed by atoms with van der Waals surface area (Å²) in [6, 6.07) is 0. The molecule has 0 amide bonds. The minimum Gasteiger partial charge on any atom is -0.481 e. The van der Waals surface area contributed by atoms with Crippen LogP contribution in [0.25, 0.3) is 0 Å². The molecule has 3 heteroatoms. The lowest BCUT2D eigenvalue weighted by molar-refractivity contribution is -0.137. The van der Waals surface area contributed by atoms with E-state index in [1.807, 2.05) is 0 Å². The molecule has 0 aliphatic rings. The second-order valence-electron chi connectivity index (χ2n) is 10.3. The Morgan fingerprint density at radius 3 is 0.882 bits per heavy atom. The van der Waals surface area contributed by atoms with E-state index in [1.54, 1.807) is 0 Å². The summed E-state index contributed by atoms with van der Waals surface area (Å²) in [6.45, 7) is 6.73. The first-order chi connectivity index (χ1) is 16.6. The molecule has 0 bridgehead atoms. The molecule has 204 valence electrons. The van der Waals surface area contributed by atoms with Crippen molar-refractivity contribution in [2.24, 2.45) is 0 Å². The molecule has 1 N–H and O–H groups in total. The molecule has 0 unspecified atom stereocenters. The van der Waals surface area contributed by atoms with Crippen LogP contribution in [-0.4, -0.2) is 16.9 Å². The molecule has 0 spiro atoms. The molecule has 0 radical (unpaired) electrons. The summed E-state index contributed by atoms with van der Waals surface area (Å²) >= 11 is 0. The molecule has 0 fully saturated rings. The SMILES string of the molecule is CCCCCCCCCC(=O)CCCCCCCCC.CCCCCCCCCCCC(=O)O. The number of carbonyl (C=O) groups excluding carboxylic acids is 1. The molecule has 0 aliphatic carbocycles. The zero-order valence-corrected chi connectivity index (χ0v) is 23.6. The summed E-state index contributed by atoms with van der Waals surface area (Å²) in [5, 5.41) is 8.41. The zero-order chi connectivity index (χ0) is 25.5. The monoisotopic (exact) mass is 482 g/mol. The van der Waals surface area contributed by atoms with Gasteiger partial charge in [-0.25, -0.2) is 0 Å². The number of carboxylic acid groups (broad SMARTS) is 1. The molecule has 0 aromatic carbocycles. The normalized spacial score (nSPS) is 10.7. The molecule has 0 aliphatic heterocycles. The molecule has 0 rings (SSSR count). The Kier molecular flexibility index (Phi) is 33.4. The highest BCUT2D eigenvalue weighted by atomic mass is 16.4. The molecule has 0 aromatic rings. The smallest absolute Gasteiger partial charge is 0.303 e. The van der Waals surface area contributed by atoms with E-state index in [0.29, 0.717) is 12.2 Å². The van der Waals surface area contributed by atoms with Crippen LogP contribution in [-0.2, 0) is 9.59 Å². The van der Waals surface area contributed by atoms with Gasteiger partial charge in [0.1, 0.15) is 5.78 Å². The van der Waals surface area contributed by atoms with E-state index in [0.717, 1.165) is 38.5 Å². The Hall–Kier alpha value is -0.860. The fraction of sp³-hybridized carbons (Fsp3) is 0.935. The van der Waals surface area contributed by atoms with E-state index in [9.17, 15) is 9.59 Å². The topological polar surface area (TPSA) is 54.4 Å². The summed E-state index contributed by atoms with van der Waals surface area (Å²) in [7, 11) is 0. The van der Waals surface area contributed by atoms with Gasteiger partial charge in [0.25, 0.3) is 0 Å². The minimum atomic E-state index is -0.659. The van der Waals surface area contributed by atoms with Crippen molar-refractivity contribution in [2.75, 3.05) is 0 Å². The van der Waals surface area contributed by atoms with E-state index in [1.165, 1.54) is 122 Å². The van der Waals surface area contributed by atoms with Crippen molar-refractivity contribution in [3.8, 4) is 0 Å². The number of hydrogen-bond donors (Lipinski definition) is 1. The van der Waals surface area contributed by atoms with Gasteiger partial charge in [0.15, 0.2) is 0 Å². The van der Waals surface area contributed by atoms with Gasteiger partial charge < -0.3 is 5.11 Å². The van der Waals surface area contributed by atoms with Crippen LogP contribution in [0, 0.1) is 0 Å². The minimum absolute atomic E-state index is 0.343. The number of aliphatic carboxylic acids is 1. The highest BCUT2D eigenvalue weighted by Gasteiger charge is 2.02. The Morgan fingerprint density at radius 2 is 0.618 bits per heavy atom. The van der Waals surface area contributed by atoms with Crippen molar-refractivity contribution in [2.45, 2.75) is 188 Å². The van der Waals surface area contributed by atoms with Gasteiger partial charge in [0, 0.05) is 19.3 Å². The second kappa shape index (κ2) is 32.1. The van der Waals surface area contributed by atoms with E-state index in [4.69, 9.17) is 5.11 Å². The Balaban J connectivity index is 0. The van der Waals surface area contributed by atoms with Gasteiger partial charge in [-0.15, -0.1) is 0 Å². The third kappa shape index (κ3) is 35.7. The van der Waals surface area contributed by atoms with Gasteiger partial charge in [0.2, 0.25) is 0 Å². The number of unbranched alkanes of at least 4 members (excludes halogenated alkanes) is 20. The lowest BCUT2D eigenvalue weighted by atomic mass is 10.0. The second-order valence-corrected chi connectivity index (χ2v) is 10.3. The summed E-state index contributed by atoms with van der Waals surface area (Å²) < 4.78 is 0. The summed E-state index contributed by atoms with van der Waals surface area (Å²) in [6.07, 6.45) is 31.4. The third-order valence-corrected chi connectivity index (χ3v) is 6.61. The zero-order valence-electron chi connectivity index (χ0n) is 23.6. The highest BCUT2D eigenvalue weighted by Crippen LogP contribution is 2.12. The van der Waals surface area contributed by atoms with E-state index in [-0.39, 0.29) is 0 Å². The Labute approximate surface area is 214 Å². The van der Waals surface area contributed by atoms with Crippen LogP contribution >= 0.6 is 0 Å². The molecule has 0 aromatic heterocycles. The summed E-state index contributed by atoms with van der Waals surface area (Å²) in [4.78, 5) is 21.9. The van der Waals surface area contributed by atoms with Crippen molar-refractivity contribution >= 4 is 11.8 Å². The average Bonchev–Trinajstić information content (AvgIpc) is 2.82. The number of Topliss-reactive ketones (excluding diaryl/α,β-unsaturated/α-hetero) is 1. The number of hydrogen-bond acceptors (Lipinski definition) is 2. The Bertz CT molecular complexity index is 385. The molecule has 0 heterocycles. The van der Waals surface area contributed by atoms with Gasteiger partial charge in [-0.1, -0.05) is 149 Å². The molecular formula is C31H62O3. The maximum Gasteiger partial charge on any atom is 0.303 e. The number of rotatable bonds is 26. The molecule has 3 nitrogen and oxygen atoms in total. The van der Waals surface area contributed by atoms with Crippen LogP contribution in [0.5, 0.6) is 0 Å². The highest BCUT2D eigenvalue weighted by molar-refractivity contribution is 5.78. The molecule has 0 saturated carbocycles. The first kappa shape index (κ1) is 35.3. The molecular weight excluding hydrogens is 420 g/mol. The van der Waals surface area contributed by atoms with Crippen LogP contribution in [0.4, 0.5) is 0 Å². The van der Waals surface area contributed by atoms with E-state index < -0.39 is 5.97 Å². The van der Waals surface area contributed by atoms with Gasteiger partial charge in [-0.2, -0.15) is 0 Å². The van der Waals surface area contributed by atoms with Crippen molar-refractivity contribution in [1.29, 1.82) is 0 Å². The van der Waals surface area contributed by atoms with Crippen LogP contribution in [0.2, 0.25) is 0 Å². The third-order valence-electron chi connectivity index (χ3n) is 6.61. The summed E-state index contributed by atoms with van der Waals surface area (Å²) in [5.74, 6) is -0.153. The fourth-order valence-corrected chi connectivity index (χ4v) is 4.27. The first-order valence-corrected chi connectivity index (χ1v) is 15.3. The van der Waals surface area contributed by atoms with Crippen molar-refractivity contribution in [3.05, 3.63) is 0 Å². The van der Waals surface area contributed by atoms with Crippen molar-refractivity contribution in [3.63, 3.8) is 0 Å². The van der Waals surface area contributed by atoms with Gasteiger partial charge in [-0.3, -0.25) is 9.59 Å². The lowest BCUT2D eigenvalue weighted by Crippen LogP contribution is -1.97. The quantitative estimate of drug-likeness (QED) is 0.125. The average molecular weight is 483 g/mol.